The SMILES string of the molecule is C=CCNc1nc2c(s1)CC1C(C)(CO)C(O)CCC1(C)C2CC(=O)NCc1ccccc1OC. The van der Waals surface area contributed by atoms with E-state index in [1.54, 1.807) is 24.5 Å². The zero-order valence-electron chi connectivity index (χ0n) is 20.8. The highest BCUT2D eigenvalue weighted by molar-refractivity contribution is 7.15. The smallest absolute Gasteiger partial charge is 0.220 e. The van der Waals surface area contributed by atoms with E-state index in [2.05, 4.69) is 24.1 Å². The number of aliphatic hydroxyl groups is 2. The van der Waals surface area contributed by atoms with Crippen molar-refractivity contribution in [1.82, 2.24) is 10.3 Å². The largest absolute Gasteiger partial charge is 0.496 e. The molecule has 2 aromatic rings. The Bertz CT molecular complexity index is 1070. The molecule has 190 valence electrons. The molecule has 0 radical (unpaired) electrons. The fraction of sp³-hybridized carbons (Fsp3) is 0.556. The predicted octanol–water partition coefficient (Wildman–Crippen LogP) is 3.87. The van der Waals surface area contributed by atoms with Crippen molar-refractivity contribution < 1.29 is 19.7 Å². The van der Waals surface area contributed by atoms with Crippen LogP contribution in [-0.4, -0.2) is 47.5 Å². The number of aliphatic hydroxyl groups excluding tert-OH is 2. The molecule has 35 heavy (non-hydrogen) atoms. The van der Waals surface area contributed by atoms with Gasteiger partial charge in [0.25, 0.3) is 0 Å². The monoisotopic (exact) mass is 499 g/mol. The van der Waals surface area contributed by atoms with Crippen molar-refractivity contribution in [2.45, 2.75) is 58.1 Å². The summed E-state index contributed by atoms with van der Waals surface area (Å²) < 4.78 is 5.42. The quantitative estimate of drug-likeness (QED) is 0.391. The molecular weight excluding hydrogens is 462 g/mol. The Morgan fingerprint density at radius 2 is 2.14 bits per heavy atom. The number of nitrogens with zero attached hydrogens (tertiary/aromatic N) is 1. The highest BCUT2D eigenvalue weighted by Gasteiger charge is 2.59. The fourth-order valence-electron chi connectivity index (χ4n) is 6.18. The van der Waals surface area contributed by atoms with Crippen LogP contribution >= 0.6 is 11.3 Å². The summed E-state index contributed by atoms with van der Waals surface area (Å²) in [6, 6.07) is 7.67. The molecule has 1 heterocycles. The van der Waals surface area contributed by atoms with Gasteiger partial charge in [-0.25, -0.2) is 4.98 Å². The third-order valence-electron chi connectivity index (χ3n) is 8.35. The van der Waals surface area contributed by atoms with Gasteiger partial charge in [0.05, 0.1) is 25.5 Å². The average molecular weight is 500 g/mol. The molecule has 2 aliphatic rings. The van der Waals surface area contributed by atoms with Crippen LogP contribution in [0.2, 0.25) is 0 Å². The maximum atomic E-state index is 13.3. The number of rotatable bonds is 9. The molecule has 5 unspecified atom stereocenters. The predicted molar refractivity (Wildman–Crippen MR) is 139 cm³/mol. The number of carbonyl (C=O) groups is 1. The van der Waals surface area contributed by atoms with Crippen molar-refractivity contribution in [2.75, 3.05) is 25.6 Å². The molecule has 1 saturated carbocycles. The van der Waals surface area contributed by atoms with Crippen LogP contribution in [0.1, 0.15) is 55.2 Å². The molecule has 4 rings (SSSR count). The number of ether oxygens (including phenoxy) is 1. The van der Waals surface area contributed by atoms with Gasteiger partial charge in [0, 0.05) is 41.3 Å². The number of methoxy groups -OCH3 is 1. The second-order valence-electron chi connectivity index (χ2n) is 10.3. The molecule has 2 aliphatic carbocycles. The number of hydrogen-bond acceptors (Lipinski definition) is 7. The minimum Gasteiger partial charge on any atom is -0.496 e. The zero-order chi connectivity index (χ0) is 25.2. The molecule has 4 N–H and O–H groups in total. The van der Waals surface area contributed by atoms with Crippen molar-refractivity contribution in [3.8, 4) is 5.75 Å². The molecule has 1 aromatic heterocycles. The van der Waals surface area contributed by atoms with E-state index in [-0.39, 0.29) is 29.8 Å². The Hall–Kier alpha value is -2.42. The van der Waals surface area contributed by atoms with Crippen molar-refractivity contribution >= 4 is 22.4 Å². The van der Waals surface area contributed by atoms with Crippen LogP contribution < -0.4 is 15.4 Å². The van der Waals surface area contributed by atoms with E-state index in [1.165, 1.54) is 0 Å². The van der Waals surface area contributed by atoms with E-state index in [0.29, 0.717) is 25.9 Å². The molecule has 8 heteroatoms. The summed E-state index contributed by atoms with van der Waals surface area (Å²) in [6.45, 7) is 8.90. The molecule has 0 saturated heterocycles. The fourth-order valence-corrected chi connectivity index (χ4v) is 7.26. The number of anilines is 1. The Morgan fingerprint density at radius 3 is 2.86 bits per heavy atom. The van der Waals surface area contributed by atoms with Gasteiger partial charge >= 0.3 is 0 Å². The molecule has 1 amide bonds. The molecule has 0 bridgehead atoms. The van der Waals surface area contributed by atoms with Crippen LogP contribution in [0.4, 0.5) is 5.13 Å². The number of hydrogen-bond donors (Lipinski definition) is 4. The number of amides is 1. The summed E-state index contributed by atoms with van der Waals surface area (Å²) >= 11 is 1.61. The second kappa shape index (κ2) is 10.3. The van der Waals surface area contributed by atoms with Crippen molar-refractivity contribution in [2.24, 2.45) is 16.7 Å². The first-order valence-electron chi connectivity index (χ1n) is 12.3. The normalized spacial score (nSPS) is 29.6. The third-order valence-corrected chi connectivity index (χ3v) is 9.40. The molecule has 1 fully saturated rings. The van der Waals surface area contributed by atoms with Gasteiger partial charge in [0.1, 0.15) is 5.75 Å². The Morgan fingerprint density at radius 1 is 1.37 bits per heavy atom. The van der Waals surface area contributed by atoms with Crippen LogP contribution in [-0.2, 0) is 17.8 Å². The molecule has 7 nitrogen and oxygen atoms in total. The van der Waals surface area contributed by atoms with Crippen LogP contribution in [0, 0.1) is 16.7 Å². The van der Waals surface area contributed by atoms with E-state index in [0.717, 1.165) is 39.9 Å². The lowest BCUT2D eigenvalue weighted by Crippen LogP contribution is -2.57. The summed E-state index contributed by atoms with van der Waals surface area (Å²) in [5.74, 6) is 0.634. The lowest BCUT2D eigenvalue weighted by Gasteiger charge is -2.58. The lowest BCUT2D eigenvalue weighted by molar-refractivity contribution is -0.144. The number of para-hydroxylation sites is 1. The van der Waals surface area contributed by atoms with E-state index in [1.807, 2.05) is 31.2 Å². The number of carbonyl (C=O) groups excluding carboxylic acids is 1. The number of thiazole rings is 1. The summed E-state index contributed by atoms with van der Waals surface area (Å²) in [5, 5.41) is 28.5. The number of benzene rings is 1. The Kier molecular flexibility index (Phi) is 7.54. The summed E-state index contributed by atoms with van der Waals surface area (Å²) in [5.41, 5.74) is 1.00. The van der Waals surface area contributed by atoms with E-state index in [4.69, 9.17) is 9.72 Å². The van der Waals surface area contributed by atoms with Gasteiger partial charge in [-0.1, -0.05) is 38.1 Å². The number of nitrogens with one attached hydrogen (secondary N) is 2. The van der Waals surface area contributed by atoms with Crippen molar-refractivity contribution in [3.63, 3.8) is 0 Å². The Labute approximate surface area is 211 Å². The van der Waals surface area contributed by atoms with Crippen LogP contribution in [0.15, 0.2) is 36.9 Å². The summed E-state index contributed by atoms with van der Waals surface area (Å²) in [4.78, 5) is 19.3. The van der Waals surface area contributed by atoms with Crippen LogP contribution in [0.3, 0.4) is 0 Å². The first-order chi connectivity index (χ1) is 16.8. The van der Waals surface area contributed by atoms with Gasteiger partial charge in [-0.2, -0.15) is 0 Å². The van der Waals surface area contributed by atoms with Gasteiger partial charge < -0.3 is 25.6 Å². The first-order valence-corrected chi connectivity index (χ1v) is 13.1. The van der Waals surface area contributed by atoms with Gasteiger partial charge in [-0.05, 0) is 36.7 Å². The van der Waals surface area contributed by atoms with Gasteiger partial charge in [-0.3, -0.25) is 4.79 Å². The average Bonchev–Trinajstić information content (AvgIpc) is 3.28. The topological polar surface area (TPSA) is 104 Å². The van der Waals surface area contributed by atoms with Gasteiger partial charge in [-0.15, -0.1) is 17.9 Å². The maximum Gasteiger partial charge on any atom is 0.220 e. The highest BCUT2D eigenvalue weighted by Crippen LogP contribution is 2.62. The Balaban J connectivity index is 1.63. The van der Waals surface area contributed by atoms with Gasteiger partial charge in [0.2, 0.25) is 5.91 Å². The molecule has 0 spiro atoms. The van der Waals surface area contributed by atoms with Gasteiger partial charge in [0.15, 0.2) is 5.13 Å². The maximum absolute atomic E-state index is 13.3. The summed E-state index contributed by atoms with van der Waals surface area (Å²) in [6.07, 6.45) is 3.65. The standard InChI is InChI=1S/C27H37N3O4S/c1-5-12-28-25-30-24-18(13-23(33)29-15-17-8-6-7-9-19(17)34-4)26(2)11-10-22(32)27(3,16-31)21(26)14-20(24)35-25/h5-9,18,21-22,31-32H,1,10-16H2,2-4H3,(H,28,30)(H,29,33). The van der Waals surface area contributed by atoms with E-state index in [9.17, 15) is 15.0 Å². The molecule has 1 aromatic carbocycles. The van der Waals surface area contributed by atoms with E-state index >= 15 is 0 Å². The number of fused-ring (bicyclic) bond motifs is 2. The minimum atomic E-state index is -0.629. The third kappa shape index (κ3) is 4.71. The second-order valence-corrected chi connectivity index (χ2v) is 11.4. The van der Waals surface area contributed by atoms with Crippen LogP contribution in [0.25, 0.3) is 0 Å². The molecular formula is C27H37N3O4S. The lowest BCUT2D eigenvalue weighted by atomic mass is 9.47. The van der Waals surface area contributed by atoms with Crippen LogP contribution in [0.5, 0.6) is 5.75 Å². The highest BCUT2D eigenvalue weighted by atomic mass is 32.1. The minimum absolute atomic E-state index is 0.0379. The molecule has 5 atom stereocenters. The zero-order valence-corrected chi connectivity index (χ0v) is 21.7. The first kappa shape index (κ1) is 25.7. The molecule has 0 aliphatic heterocycles. The summed E-state index contributed by atoms with van der Waals surface area (Å²) in [7, 11) is 1.63. The number of aromatic nitrogens is 1. The van der Waals surface area contributed by atoms with Crippen molar-refractivity contribution in [3.05, 3.63) is 53.1 Å². The van der Waals surface area contributed by atoms with Crippen molar-refractivity contribution in [1.29, 1.82) is 0 Å². The van der Waals surface area contributed by atoms with E-state index < -0.39 is 11.5 Å².